The number of nitrogens with one attached hydrogen (secondary N) is 1. The summed E-state index contributed by atoms with van der Waals surface area (Å²) in [5, 5.41) is 16.6. The normalized spacial score (nSPS) is 14.3. The lowest BCUT2D eigenvalue weighted by molar-refractivity contribution is -0.138. The predicted octanol–water partition coefficient (Wildman–Crippen LogP) is 6.20. The van der Waals surface area contributed by atoms with E-state index in [2.05, 4.69) is 15.5 Å². The third-order valence-corrected chi connectivity index (χ3v) is 8.36. The summed E-state index contributed by atoms with van der Waals surface area (Å²) >= 11 is 0. The number of benzene rings is 3. The molecular weight excluding hydrogens is 629 g/mol. The molecule has 5 rings (SSSR count). The second kappa shape index (κ2) is 15.2. The van der Waals surface area contributed by atoms with Gasteiger partial charge in [0.25, 0.3) is 11.8 Å². The minimum atomic E-state index is -4.68. The van der Waals surface area contributed by atoms with Crippen LogP contribution in [0.5, 0.6) is 5.75 Å². The van der Waals surface area contributed by atoms with Crippen molar-refractivity contribution < 1.29 is 41.9 Å². The lowest BCUT2D eigenvalue weighted by Gasteiger charge is -2.27. The van der Waals surface area contributed by atoms with Gasteiger partial charge in [0.05, 0.1) is 25.7 Å². The van der Waals surface area contributed by atoms with E-state index >= 15 is 0 Å². The van der Waals surface area contributed by atoms with Crippen LogP contribution in [0.3, 0.4) is 0 Å². The van der Waals surface area contributed by atoms with Crippen molar-refractivity contribution in [3.05, 3.63) is 94.8 Å². The van der Waals surface area contributed by atoms with Gasteiger partial charge in [-0.3, -0.25) is 9.59 Å². The lowest BCUT2D eigenvalue weighted by Crippen LogP contribution is -2.43. The standard InChI is InChI=1S/C35H35F3N4O6/c1-47-29-16-13-26(30(18-29)35(36,37)38)17-31(45)39-27-14-11-25(12-15-27)34(46)42(28(20-43)21-44)19-22-7-9-24(10-8-22)33-40-32(41-48-33)23-5-3-2-4-6-23/h7-16,18,20,23,28,44H,2-6,17,19,21H2,1H3,(H,39,45). The molecule has 1 aliphatic rings. The number of halogens is 3. The molecule has 1 heterocycles. The summed E-state index contributed by atoms with van der Waals surface area (Å²) in [6.07, 6.45) is 0.858. The van der Waals surface area contributed by atoms with Crippen molar-refractivity contribution in [3.63, 3.8) is 0 Å². The fourth-order valence-corrected chi connectivity index (χ4v) is 5.72. The Kier molecular flexibility index (Phi) is 10.9. The highest BCUT2D eigenvalue weighted by Gasteiger charge is 2.34. The van der Waals surface area contributed by atoms with Gasteiger partial charge in [0.2, 0.25) is 5.91 Å². The van der Waals surface area contributed by atoms with Gasteiger partial charge in [0.15, 0.2) is 5.82 Å². The number of hydrogen-bond donors (Lipinski definition) is 2. The molecule has 0 radical (unpaired) electrons. The molecule has 0 spiro atoms. The first kappa shape index (κ1) is 34.3. The molecule has 0 bridgehead atoms. The molecule has 252 valence electrons. The van der Waals surface area contributed by atoms with Gasteiger partial charge in [-0.25, -0.2) is 0 Å². The molecule has 0 aliphatic heterocycles. The molecule has 1 fully saturated rings. The number of aliphatic hydroxyl groups excluding tert-OH is 1. The Morgan fingerprint density at radius 1 is 1.06 bits per heavy atom. The van der Waals surface area contributed by atoms with Crippen LogP contribution < -0.4 is 10.1 Å². The number of anilines is 1. The zero-order chi connectivity index (χ0) is 34.3. The topological polar surface area (TPSA) is 135 Å². The van der Waals surface area contributed by atoms with Crippen molar-refractivity contribution in [2.24, 2.45) is 0 Å². The summed E-state index contributed by atoms with van der Waals surface area (Å²) in [6, 6.07) is 15.0. The van der Waals surface area contributed by atoms with Gasteiger partial charge in [-0.15, -0.1) is 0 Å². The Balaban J connectivity index is 1.25. The molecule has 10 nitrogen and oxygen atoms in total. The molecule has 1 aromatic heterocycles. The van der Waals surface area contributed by atoms with Crippen molar-refractivity contribution >= 4 is 23.8 Å². The van der Waals surface area contributed by atoms with E-state index in [0.29, 0.717) is 35.0 Å². The van der Waals surface area contributed by atoms with Gasteiger partial charge < -0.3 is 29.4 Å². The number of methoxy groups -OCH3 is 1. The highest BCUT2D eigenvalue weighted by molar-refractivity contribution is 5.97. The number of amides is 2. The first-order valence-corrected chi connectivity index (χ1v) is 15.5. The molecule has 1 unspecified atom stereocenters. The molecule has 1 saturated carbocycles. The Morgan fingerprint density at radius 3 is 2.40 bits per heavy atom. The number of ether oxygens (including phenoxy) is 1. The van der Waals surface area contributed by atoms with E-state index in [-0.39, 0.29) is 29.1 Å². The summed E-state index contributed by atoms with van der Waals surface area (Å²) in [5.74, 6) is 0.175. The van der Waals surface area contributed by atoms with E-state index in [4.69, 9.17) is 9.26 Å². The van der Waals surface area contributed by atoms with Crippen molar-refractivity contribution in [2.45, 2.75) is 63.2 Å². The quantitative estimate of drug-likeness (QED) is 0.171. The molecule has 0 saturated heterocycles. The van der Waals surface area contributed by atoms with Gasteiger partial charge >= 0.3 is 6.18 Å². The van der Waals surface area contributed by atoms with E-state index in [1.165, 1.54) is 54.8 Å². The fraction of sp³-hybridized carbons (Fsp3) is 0.343. The maximum Gasteiger partial charge on any atom is 0.416 e. The van der Waals surface area contributed by atoms with E-state index in [1.807, 2.05) is 0 Å². The number of hydrogen-bond acceptors (Lipinski definition) is 8. The number of aliphatic hydroxyl groups is 1. The van der Waals surface area contributed by atoms with Crippen LogP contribution in [0.25, 0.3) is 11.5 Å². The Hall–Kier alpha value is -5.04. The van der Waals surface area contributed by atoms with Crippen LogP contribution in [-0.2, 0) is 28.7 Å². The van der Waals surface area contributed by atoms with Crippen LogP contribution in [0.15, 0.2) is 71.3 Å². The second-order valence-electron chi connectivity index (χ2n) is 11.6. The number of carbonyl (C=O) groups excluding carboxylic acids is 3. The number of aromatic nitrogens is 2. The summed E-state index contributed by atoms with van der Waals surface area (Å²) in [6.45, 7) is -0.596. The monoisotopic (exact) mass is 664 g/mol. The number of aldehydes is 1. The molecule has 48 heavy (non-hydrogen) atoms. The summed E-state index contributed by atoms with van der Waals surface area (Å²) < 4.78 is 51.0. The lowest BCUT2D eigenvalue weighted by atomic mass is 9.89. The summed E-state index contributed by atoms with van der Waals surface area (Å²) in [7, 11) is 1.25. The second-order valence-corrected chi connectivity index (χ2v) is 11.6. The van der Waals surface area contributed by atoms with Crippen molar-refractivity contribution in [1.29, 1.82) is 0 Å². The van der Waals surface area contributed by atoms with Crippen molar-refractivity contribution in [2.75, 3.05) is 19.0 Å². The van der Waals surface area contributed by atoms with Gasteiger partial charge in [-0.05, 0) is 72.5 Å². The van der Waals surface area contributed by atoms with E-state index in [9.17, 15) is 32.7 Å². The summed E-state index contributed by atoms with van der Waals surface area (Å²) in [5.41, 5.74) is 0.615. The molecular formula is C35H35F3N4O6. The first-order valence-electron chi connectivity index (χ1n) is 15.5. The largest absolute Gasteiger partial charge is 0.497 e. The number of alkyl halides is 3. The molecule has 13 heteroatoms. The van der Waals surface area contributed by atoms with Gasteiger partial charge in [0.1, 0.15) is 18.1 Å². The van der Waals surface area contributed by atoms with Crippen LogP contribution in [0.4, 0.5) is 18.9 Å². The zero-order valence-electron chi connectivity index (χ0n) is 26.2. The minimum absolute atomic E-state index is 0.00211. The van der Waals surface area contributed by atoms with Crippen LogP contribution in [0, 0.1) is 0 Å². The third kappa shape index (κ3) is 8.26. The average Bonchev–Trinajstić information content (AvgIpc) is 3.59. The fourth-order valence-electron chi connectivity index (χ4n) is 5.72. The molecule has 2 amide bonds. The Bertz CT molecular complexity index is 1720. The highest BCUT2D eigenvalue weighted by atomic mass is 19.4. The Morgan fingerprint density at radius 2 is 1.77 bits per heavy atom. The van der Waals surface area contributed by atoms with Crippen LogP contribution in [0.2, 0.25) is 0 Å². The van der Waals surface area contributed by atoms with Crippen LogP contribution >= 0.6 is 0 Å². The van der Waals surface area contributed by atoms with Gasteiger partial charge in [0, 0.05) is 29.3 Å². The third-order valence-electron chi connectivity index (χ3n) is 8.36. The number of nitrogens with zero attached hydrogens (tertiary/aromatic N) is 3. The molecule has 4 aromatic rings. The van der Waals surface area contributed by atoms with E-state index in [0.717, 1.165) is 31.7 Å². The van der Waals surface area contributed by atoms with Crippen LogP contribution in [0.1, 0.15) is 70.9 Å². The highest BCUT2D eigenvalue weighted by Crippen LogP contribution is 2.35. The SMILES string of the molecule is COc1ccc(CC(=O)Nc2ccc(C(=O)N(Cc3ccc(-c4nc(C5CCCCC5)no4)cc3)C(C=O)CO)cc2)c(C(F)(F)F)c1. The maximum absolute atomic E-state index is 13.6. The molecule has 1 atom stereocenters. The summed E-state index contributed by atoms with van der Waals surface area (Å²) in [4.78, 5) is 43.8. The molecule has 2 N–H and O–H groups in total. The number of rotatable bonds is 12. The maximum atomic E-state index is 13.6. The minimum Gasteiger partial charge on any atom is -0.497 e. The molecule has 3 aromatic carbocycles. The Labute approximate surface area is 274 Å². The van der Waals surface area contributed by atoms with Crippen molar-refractivity contribution in [1.82, 2.24) is 15.0 Å². The zero-order valence-corrected chi connectivity index (χ0v) is 26.2. The van der Waals surface area contributed by atoms with Crippen molar-refractivity contribution in [3.8, 4) is 17.2 Å². The van der Waals surface area contributed by atoms with Gasteiger partial charge in [-0.2, -0.15) is 18.2 Å². The van der Waals surface area contributed by atoms with Crippen LogP contribution in [-0.4, -0.2) is 58.0 Å². The van der Waals surface area contributed by atoms with Gasteiger partial charge in [-0.1, -0.05) is 42.6 Å². The number of carbonyl (C=O) groups is 3. The average molecular weight is 665 g/mol. The predicted molar refractivity (Wildman–Crippen MR) is 169 cm³/mol. The molecule has 1 aliphatic carbocycles. The smallest absolute Gasteiger partial charge is 0.416 e. The van der Waals surface area contributed by atoms with E-state index in [1.54, 1.807) is 24.3 Å². The first-order chi connectivity index (χ1) is 23.1. The van der Waals surface area contributed by atoms with E-state index < -0.39 is 42.6 Å².